The first-order valence-electron chi connectivity index (χ1n) is 4.91. The first-order chi connectivity index (χ1) is 7.68. The van der Waals surface area contributed by atoms with Crippen LogP contribution in [0.3, 0.4) is 0 Å². The molecule has 86 valence electrons. The molecule has 0 saturated carbocycles. The average Bonchev–Trinajstić information content (AvgIpc) is 2.29. The van der Waals surface area contributed by atoms with E-state index in [0.29, 0.717) is 32.1 Å². The third-order valence-corrected chi connectivity index (χ3v) is 2.40. The summed E-state index contributed by atoms with van der Waals surface area (Å²) in [7, 11) is 0. The van der Waals surface area contributed by atoms with Crippen molar-refractivity contribution in [3.8, 4) is 0 Å². The number of anilines is 1. The molecule has 2 heterocycles. The van der Waals surface area contributed by atoms with Crippen LogP contribution in [0.15, 0.2) is 12.1 Å². The lowest BCUT2D eigenvalue weighted by atomic mass is 10.2. The lowest BCUT2D eigenvalue weighted by molar-refractivity contribution is 0.0690. The number of hydrogen-bond acceptors (Lipinski definition) is 4. The summed E-state index contributed by atoms with van der Waals surface area (Å²) in [4.78, 5) is 16.1. The Morgan fingerprint density at radius 3 is 2.69 bits per heavy atom. The number of halogens is 1. The van der Waals surface area contributed by atoms with Gasteiger partial charge in [0.25, 0.3) is 0 Å². The van der Waals surface area contributed by atoms with Gasteiger partial charge in [-0.1, -0.05) is 0 Å². The highest BCUT2D eigenvalue weighted by Gasteiger charge is 2.16. The number of carboxylic acids is 1. The molecule has 16 heavy (non-hydrogen) atoms. The molecule has 2 rings (SSSR count). The van der Waals surface area contributed by atoms with Crippen LogP contribution in [0.25, 0.3) is 0 Å². The van der Waals surface area contributed by atoms with Crippen LogP contribution in [0.1, 0.15) is 10.4 Å². The Morgan fingerprint density at radius 1 is 1.44 bits per heavy atom. The van der Waals surface area contributed by atoms with Gasteiger partial charge in [0, 0.05) is 13.1 Å². The van der Waals surface area contributed by atoms with Gasteiger partial charge in [-0.3, -0.25) is 0 Å². The zero-order chi connectivity index (χ0) is 11.5. The Bertz CT molecular complexity index is 405. The molecule has 0 radical (unpaired) electrons. The molecule has 0 unspecified atom stereocenters. The Hall–Kier alpha value is -1.69. The monoisotopic (exact) mass is 226 g/mol. The number of ether oxygens (including phenoxy) is 1. The fourth-order valence-electron chi connectivity index (χ4n) is 1.55. The molecule has 6 heteroatoms. The summed E-state index contributed by atoms with van der Waals surface area (Å²) in [6.07, 6.45) is 0. The zero-order valence-corrected chi connectivity index (χ0v) is 8.52. The van der Waals surface area contributed by atoms with E-state index in [-0.39, 0.29) is 0 Å². The van der Waals surface area contributed by atoms with Crippen LogP contribution in [0, 0.1) is 5.95 Å². The minimum absolute atomic E-state index is 0.406. The maximum atomic E-state index is 13.3. The van der Waals surface area contributed by atoms with Crippen LogP contribution in [0.2, 0.25) is 0 Å². The lowest BCUT2D eigenvalue weighted by Gasteiger charge is -2.27. The van der Waals surface area contributed by atoms with Crippen molar-refractivity contribution in [2.45, 2.75) is 0 Å². The van der Waals surface area contributed by atoms with Gasteiger partial charge >= 0.3 is 5.97 Å². The van der Waals surface area contributed by atoms with Gasteiger partial charge in [-0.2, -0.15) is 4.39 Å². The van der Waals surface area contributed by atoms with E-state index in [0.717, 1.165) is 0 Å². The van der Waals surface area contributed by atoms with E-state index in [1.807, 2.05) is 4.90 Å². The summed E-state index contributed by atoms with van der Waals surface area (Å²) >= 11 is 0. The van der Waals surface area contributed by atoms with E-state index >= 15 is 0 Å². The van der Waals surface area contributed by atoms with Crippen molar-refractivity contribution < 1.29 is 19.0 Å². The van der Waals surface area contributed by atoms with Gasteiger partial charge in [-0.05, 0) is 12.1 Å². The number of aromatic nitrogens is 1. The molecule has 1 aromatic rings. The number of aromatic carboxylic acids is 1. The maximum absolute atomic E-state index is 13.3. The summed E-state index contributed by atoms with van der Waals surface area (Å²) < 4.78 is 18.5. The third-order valence-electron chi connectivity index (χ3n) is 2.40. The molecule has 0 amide bonds. The van der Waals surface area contributed by atoms with E-state index in [2.05, 4.69) is 4.98 Å². The lowest BCUT2D eigenvalue weighted by Crippen LogP contribution is -2.36. The van der Waals surface area contributed by atoms with Gasteiger partial charge in [0.2, 0.25) is 5.95 Å². The topological polar surface area (TPSA) is 62.7 Å². The fraction of sp³-hybridized carbons (Fsp3) is 0.400. The van der Waals surface area contributed by atoms with E-state index < -0.39 is 17.5 Å². The summed E-state index contributed by atoms with van der Waals surface area (Å²) in [5, 5.41) is 8.65. The molecule has 0 bridgehead atoms. The molecule has 0 aromatic carbocycles. The number of rotatable bonds is 2. The van der Waals surface area contributed by atoms with E-state index in [1.54, 1.807) is 0 Å². The predicted molar refractivity (Wildman–Crippen MR) is 54.2 cm³/mol. The third kappa shape index (κ3) is 2.11. The Labute approximate surface area is 91.5 Å². The van der Waals surface area contributed by atoms with Crippen molar-refractivity contribution in [2.75, 3.05) is 31.2 Å². The molecule has 5 nitrogen and oxygen atoms in total. The van der Waals surface area contributed by atoms with Gasteiger partial charge in [0.1, 0.15) is 11.4 Å². The molecule has 0 spiro atoms. The zero-order valence-electron chi connectivity index (χ0n) is 8.52. The molecule has 1 aliphatic rings. The maximum Gasteiger partial charge on any atom is 0.340 e. The van der Waals surface area contributed by atoms with Crippen LogP contribution >= 0.6 is 0 Å². The van der Waals surface area contributed by atoms with Crippen molar-refractivity contribution in [2.24, 2.45) is 0 Å². The van der Waals surface area contributed by atoms with Crippen LogP contribution in [-0.2, 0) is 4.74 Å². The highest BCUT2D eigenvalue weighted by Crippen LogP contribution is 2.15. The van der Waals surface area contributed by atoms with Crippen molar-refractivity contribution in [3.05, 3.63) is 23.6 Å². The van der Waals surface area contributed by atoms with E-state index in [1.165, 1.54) is 12.1 Å². The van der Waals surface area contributed by atoms with Crippen LogP contribution in [0.5, 0.6) is 0 Å². The highest BCUT2D eigenvalue weighted by atomic mass is 19.1. The molecule has 1 N–H and O–H groups in total. The van der Waals surface area contributed by atoms with Gasteiger partial charge in [-0.25, -0.2) is 9.78 Å². The second-order valence-corrected chi connectivity index (χ2v) is 3.41. The van der Waals surface area contributed by atoms with Gasteiger partial charge in [0.15, 0.2) is 0 Å². The number of morpholine rings is 1. The normalized spacial score (nSPS) is 16.2. The van der Waals surface area contributed by atoms with Crippen LogP contribution < -0.4 is 4.90 Å². The summed E-state index contributed by atoms with van der Waals surface area (Å²) in [5.41, 5.74) is -0.406. The number of carbonyl (C=O) groups is 1. The highest BCUT2D eigenvalue weighted by molar-refractivity contribution is 5.87. The average molecular weight is 226 g/mol. The molecular weight excluding hydrogens is 215 g/mol. The quantitative estimate of drug-likeness (QED) is 0.754. The Morgan fingerprint density at radius 2 is 2.12 bits per heavy atom. The second-order valence-electron chi connectivity index (χ2n) is 3.41. The summed E-state index contributed by atoms with van der Waals surface area (Å²) in [5.74, 6) is -1.80. The largest absolute Gasteiger partial charge is 0.478 e. The number of hydrogen-bond donors (Lipinski definition) is 1. The Kier molecular flexibility index (Phi) is 3.00. The standard InChI is InChI=1S/C10H11FN2O3/c11-9-7(10(14)15)1-2-8(12-9)13-3-5-16-6-4-13/h1-2H,3-6H2,(H,14,15). The molecule has 1 fully saturated rings. The number of nitrogens with zero attached hydrogens (tertiary/aromatic N) is 2. The van der Waals surface area contributed by atoms with E-state index in [4.69, 9.17) is 9.84 Å². The second kappa shape index (κ2) is 4.44. The van der Waals surface area contributed by atoms with Gasteiger partial charge in [0.05, 0.1) is 13.2 Å². The minimum Gasteiger partial charge on any atom is -0.478 e. The molecule has 0 aliphatic carbocycles. The van der Waals surface area contributed by atoms with Crippen LogP contribution in [-0.4, -0.2) is 42.4 Å². The summed E-state index contributed by atoms with van der Waals surface area (Å²) in [6, 6.07) is 2.74. The van der Waals surface area contributed by atoms with Gasteiger partial charge < -0.3 is 14.7 Å². The fourth-order valence-corrected chi connectivity index (χ4v) is 1.55. The number of carboxylic acid groups (broad SMARTS) is 1. The molecule has 1 aromatic heterocycles. The van der Waals surface area contributed by atoms with E-state index in [9.17, 15) is 9.18 Å². The SMILES string of the molecule is O=C(O)c1ccc(N2CCOCC2)nc1F. The van der Waals surface area contributed by atoms with Crippen molar-refractivity contribution in [1.29, 1.82) is 0 Å². The smallest absolute Gasteiger partial charge is 0.340 e. The first-order valence-corrected chi connectivity index (χ1v) is 4.91. The van der Waals surface area contributed by atoms with Crippen molar-refractivity contribution >= 4 is 11.8 Å². The van der Waals surface area contributed by atoms with Crippen LogP contribution in [0.4, 0.5) is 10.2 Å². The molecule has 1 aliphatic heterocycles. The minimum atomic E-state index is -1.31. The predicted octanol–water partition coefficient (Wildman–Crippen LogP) is 0.755. The molecule has 0 atom stereocenters. The Balaban J connectivity index is 2.23. The number of pyridine rings is 1. The summed E-state index contributed by atoms with van der Waals surface area (Å²) in [6.45, 7) is 2.42. The molecular formula is C10H11FN2O3. The molecule has 1 saturated heterocycles. The first kappa shape index (κ1) is 10.8. The van der Waals surface area contributed by atoms with Crippen molar-refractivity contribution in [3.63, 3.8) is 0 Å². The van der Waals surface area contributed by atoms with Crippen molar-refractivity contribution in [1.82, 2.24) is 4.98 Å². The van der Waals surface area contributed by atoms with Gasteiger partial charge in [-0.15, -0.1) is 0 Å².